The molecule has 17 heavy (non-hydrogen) atoms. The molecule has 0 aromatic carbocycles. The maximum atomic E-state index is 4.32. The minimum Gasteiger partial charge on any atom is -0.314 e. The van der Waals surface area contributed by atoms with Crippen LogP contribution in [0.2, 0.25) is 0 Å². The third-order valence-electron chi connectivity index (χ3n) is 3.09. The van der Waals surface area contributed by atoms with Crippen molar-refractivity contribution in [1.29, 1.82) is 0 Å². The fourth-order valence-corrected chi connectivity index (χ4v) is 2.25. The minimum absolute atomic E-state index is 0.617. The van der Waals surface area contributed by atoms with Gasteiger partial charge in [0.25, 0.3) is 0 Å². The van der Waals surface area contributed by atoms with Gasteiger partial charge in [0.2, 0.25) is 0 Å². The Hall–Kier alpha value is -0.830. The van der Waals surface area contributed by atoms with E-state index in [1.807, 2.05) is 10.9 Å². The first-order chi connectivity index (χ1) is 8.15. The number of nitrogens with one attached hydrogen (secondary N) is 1. The van der Waals surface area contributed by atoms with E-state index in [1.165, 1.54) is 18.4 Å². The van der Waals surface area contributed by atoms with Crippen LogP contribution in [0.5, 0.6) is 0 Å². The van der Waals surface area contributed by atoms with Gasteiger partial charge in [-0.1, -0.05) is 13.8 Å². The largest absolute Gasteiger partial charge is 0.314 e. The van der Waals surface area contributed by atoms with Gasteiger partial charge in [-0.3, -0.25) is 4.68 Å². The molecule has 0 saturated heterocycles. The standard InChI is InChI=1S/C14H27N3/c1-5-7-15-13(4)8-12(3)9-14-10-16-17(6-2)11-14/h10-13,15H,5-9H2,1-4H3. The third-order valence-corrected chi connectivity index (χ3v) is 3.09. The number of hydrogen-bond donors (Lipinski definition) is 1. The molecule has 0 saturated carbocycles. The van der Waals surface area contributed by atoms with Gasteiger partial charge in [-0.05, 0) is 51.1 Å². The summed E-state index contributed by atoms with van der Waals surface area (Å²) in [4.78, 5) is 0. The molecular weight excluding hydrogens is 210 g/mol. The lowest BCUT2D eigenvalue weighted by molar-refractivity contribution is 0.419. The van der Waals surface area contributed by atoms with Crippen LogP contribution in [0.4, 0.5) is 0 Å². The van der Waals surface area contributed by atoms with Gasteiger partial charge in [0, 0.05) is 18.8 Å². The van der Waals surface area contributed by atoms with Crippen molar-refractivity contribution in [3.63, 3.8) is 0 Å². The Balaban J connectivity index is 2.30. The second-order valence-electron chi connectivity index (χ2n) is 5.10. The highest BCUT2D eigenvalue weighted by Crippen LogP contribution is 2.13. The number of hydrogen-bond acceptors (Lipinski definition) is 2. The molecule has 0 bridgehead atoms. The van der Waals surface area contributed by atoms with E-state index in [2.05, 4.69) is 44.3 Å². The maximum Gasteiger partial charge on any atom is 0.0521 e. The van der Waals surface area contributed by atoms with Crippen LogP contribution >= 0.6 is 0 Å². The van der Waals surface area contributed by atoms with Crippen molar-refractivity contribution in [1.82, 2.24) is 15.1 Å². The Morgan fingerprint density at radius 2 is 2.12 bits per heavy atom. The maximum absolute atomic E-state index is 4.32. The summed E-state index contributed by atoms with van der Waals surface area (Å²) in [5.41, 5.74) is 1.36. The minimum atomic E-state index is 0.617. The van der Waals surface area contributed by atoms with E-state index >= 15 is 0 Å². The second-order valence-corrected chi connectivity index (χ2v) is 5.10. The quantitative estimate of drug-likeness (QED) is 0.753. The molecule has 0 aliphatic heterocycles. The van der Waals surface area contributed by atoms with E-state index < -0.39 is 0 Å². The van der Waals surface area contributed by atoms with Crippen molar-refractivity contribution in [2.75, 3.05) is 6.54 Å². The molecule has 0 aliphatic rings. The van der Waals surface area contributed by atoms with E-state index in [-0.39, 0.29) is 0 Å². The molecule has 1 aromatic heterocycles. The summed E-state index contributed by atoms with van der Waals surface area (Å²) >= 11 is 0. The van der Waals surface area contributed by atoms with Crippen molar-refractivity contribution in [3.05, 3.63) is 18.0 Å². The van der Waals surface area contributed by atoms with Crippen LogP contribution < -0.4 is 5.32 Å². The summed E-state index contributed by atoms with van der Waals surface area (Å²) in [6.07, 6.45) is 7.75. The average Bonchev–Trinajstić information content (AvgIpc) is 2.73. The van der Waals surface area contributed by atoms with Gasteiger partial charge in [0.1, 0.15) is 0 Å². The third kappa shape index (κ3) is 5.35. The lowest BCUT2D eigenvalue weighted by Crippen LogP contribution is -2.28. The first-order valence-electron chi connectivity index (χ1n) is 6.90. The summed E-state index contributed by atoms with van der Waals surface area (Å²) in [5, 5.41) is 7.86. The van der Waals surface area contributed by atoms with Gasteiger partial charge < -0.3 is 5.32 Å². The predicted molar refractivity (Wildman–Crippen MR) is 73.1 cm³/mol. The monoisotopic (exact) mass is 237 g/mol. The molecule has 0 amide bonds. The van der Waals surface area contributed by atoms with Gasteiger partial charge in [-0.15, -0.1) is 0 Å². The van der Waals surface area contributed by atoms with Crippen molar-refractivity contribution in [2.45, 2.75) is 59.5 Å². The Labute approximate surface area is 106 Å². The lowest BCUT2D eigenvalue weighted by Gasteiger charge is -2.17. The van der Waals surface area contributed by atoms with Crippen molar-refractivity contribution in [3.8, 4) is 0 Å². The number of nitrogens with zero attached hydrogens (tertiary/aromatic N) is 2. The Morgan fingerprint density at radius 3 is 2.71 bits per heavy atom. The highest BCUT2D eigenvalue weighted by atomic mass is 15.3. The Bertz CT molecular complexity index is 306. The van der Waals surface area contributed by atoms with Crippen molar-refractivity contribution in [2.24, 2.45) is 5.92 Å². The second kappa shape index (κ2) is 7.49. The average molecular weight is 237 g/mol. The molecule has 0 spiro atoms. The highest BCUT2D eigenvalue weighted by Gasteiger charge is 2.09. The zero-order valence-electron chi connectivity index (χ0n) is 11.7. The summed E-state index contributed by atoms with van der Waals surface area (Å²) in [5.74, 6) is 0.712. The lowest BCUT2D eigenvalue weighted by atomic mass is 9.96. The molecule has 1 N–H and O–H groups in total. The van der Waals surface area contributed by atoms with Gasteiger partial charge in [-0.2, -0.15) is 5.10 Å². The fraction of sp³-hybridized carbons (Fsp3) is 0.786. The van der Waals surface area contributed by atoms with E-state index in [1.54, 1.807) is 0 Å². The molecule has 98 valence electrons. The molecule has 0 aliphatic carbocycles. The van der Waals surface area contributed by atoms with Crippen molar-refractivity contribution >= 4 is 0 Å². The topological polar surface area (TPSA) is 29.9 Å². The molecule has 2 unspecified atom stereocenters. The van der Waals surface area contributed by atoms with E-state index in [9.17, 15) is 0 Å². The first-order valence-corrected chi connectivity index (χ1v) is 6.90. The van der Waals surface area contributed by atoms with Crippen molar-refractivity contribution < 1.29 is 0 Å². The predicted octanol–water partition coefficient (Wildman–Crippen LogP) is 2.86. The molecule has 3 nitrogen and oxygen atoms in total. The Kier molecular flexibility index (Phi) is 6.27. The molecule has 1 aromatic rings. The number of aryl methyl sites for hydroxylation is 1. The normalized spacial score (nSPS) is 14.8. The molecule has 2 atom stereocenters. The Morgan fingerprint density at radius 1 is 1.35 bits per heavy atom. The zero-order chi connectivity index (χ0) is 12.7. The molecule has 1 rings (SSSR count). The van der Waals surface area contributed by atoms with Crippen LogP contribution in [-0.2, 0) is 13.0 Å². The van der Waals surface area contributed by atoms with Crippen LogP contribution in [0, 0.1) is 5.92 Å². The van der Waals surface area contributed by atoms with E-state index in [4.69, 9.17) is 0 Å². The highest BCUT2D eigenvalue weighted by molar-refractivity contribution is 5.04. The van der Waals surface area contributed by atoms with E-state index in [0.717, 1.165) is 19.5 Å². The van der Waals surface area contributed by atoms with Crippen LogP contribution in [0.15, 0.2) is 12.4 Å². The van der Waals surface area contributed by atoms with Crippen LogP contribution in [0.25, 0.3) is 0 Å². The number of aromatic nitrogens is 2. The smallest absolute Gasteiger partial charge is 0.0521 e. The van der Waals surface area contributed by atoms with E-state index in [0.29, 0.717) is 12.0 Å². The summed E-state index contributed by atoms with van der Waals surface area (Å²) in [6, 6.07) is 0.617. The molecule has 3 heteroatoms. The molecule has 1 heterocycles. The first kappa shape index (κ1) is 14.2. The van der Waals surface area contributed by atoms with Gasteiger partial charge in [0.15, 0.2) is 0 Å². The molecule has 0 fully saturated rings. The molecule has 0 radical (unpaired) electrons. The van der Waals surface area contributed by atoms with Gasteiger partial charge in [-0.25, -0.2) is 0 Å². The summed E-state index contributed by atoms with van der Waals surface area (Å²) in [6.45, 7) is 11.0. The van der Waals surface area contributed by atoms with Crippen LogP contribution in [-0.4, -0.2) is 22.4 Å². The summed E-state index contributed by atoms with van der Waals surface area (Å²) in [7, 11) is 0. The zero-order valence-corrected chi connectivity index (χ0v) is 11.7. The van der Waals surface area contributed by atoms with Crippen LogP contribution in [0.1, 0.15) is 46.1 Å². The van der Waals surface area contributed by atoms with Gasteiger partial charge in [0.05, 0.1) is 6.20 Å². The SMILES string of the molecule is CCCNC(C)CC(C)Cc1cnn(CC)c1. The fourth-order valence-electron chi connectivity index (χ4n) is 2.25. The number of rotatable bonds is 8. The molecular formula is C14H27N3. The van der Waals surface area contributed by atoms with Crippen LogP contribution in [0.3, 0.4) is 0 Å². The van der Waals surface area contributed by atoms with Gasteiger partial charge >= 0.3 is 0 Å². The summed E-state index contributed by atoms with van der Waals surface area (Å²) < 4.78 is 2.00.